The quantitative estimate of drug-likeness (QED) is 0.894. The summed E-state index contributed by atoms with van der Waals surface area (Å²) in [5, 5.41) is 12.0. The SMILES string of the molecule is CC(C)(C)NC(C#N)CS(=O)(=O)Cc1ccccc1. The van der Waals surface area contributed by atoms with E-state index in [1.54, 1.807) is 24.3 Å². The van der Waals surface area contributed by atoms with Crippen LogP contribution >= 0.6 is 0 Å². The van der Waals surface area contributed by atoms with E-state index < -0.39 is 15.9 Å². The summed E-state index contributed by atoms with van der Waals surface area (Å²) in [6.07, 6.45) is 0. The van der Waals surface area contributed by atoms with Gasteiger partial charge < -0.3 is 0 Å². The van der Waals surface area contributed by atoms with Crippen molar-refractivity contribution in [3.63, 3.8) is 0 Å². The standard InChI is InChI=1S/C14H20N2O2S/c1-14(2,3)16-13(9-15)11-19(17,18)10-12-7-5-4-6-8-12/h4-8,13,16H,10-11H2,1-3H3. The third-order valence-electron chi connectivity index (χ3n) is 2.41. The lowest BCUT2D eigenvalue weighted by Gasteiger charge is -2.24. The second-order valence-corrected chi connectivity index (χ2v) is 7.73. The van der Waals surface area contributed by atoms with Gasteiger partial charge in [0.05, 0.1) is 17.6 Å². The minimum absolute atomic E-state index is 0.0299. The van der Waals surface area contributed by atoms with E-state index >= 15 is 0 Å². The Balaban J connectivity index is 2.71. The van der Waals surface area contributed by atoms with Crippen LogP contribution in [0.25, 0.3) is 0 Å². The van der Waals surface area contributed by atoms with Crippen molar-refractivity contribution in [2.24, 2.45) is 0 Å². The van der Waals surface area contributed by atoms with Crippen molar-refractivity contribution >= 4 is 9.84 Å². The van der Waals surface area contributed by atoms with Crippen LogP contribution in [0.1, 0.15) is 26.3 Å². The molecular weight excluding hydrogens is 260 g/mol. The number of rotatable bonds is 5. The monoisotopic (exact) mass is 280 g/mol. The first-order valence-electron chi connectivity index (χ1n) is 6.13. The number of benzene rings is 1. The smallest absolute Gasteiger partial charge is 0.157 e. The van der Waals surface area contributed by atoms with Crippen LogP contribution in [0.5, 0.6) is 0 Å². The van der Waals surface area contributed by atoms with Gasteiger partial charge in [-0.3, -0.25) is 5.32 Å². The molecule has 0 aliphatic carbocycles. The second-order valence-electron chi connectivity index (χ2n) is 5.62. The Kier molecular flexibility index (Phi) is 5.10. The molecule has 1 aromatic carbocycles. The summed E-state index contributed by atoms with van der Waals surface area (Å²) in [6, 6.07) is 10.3. The fourth-order valence-electron chi connectivity index (χ4n) is 1.77. The van der Waals surface area contributed by atoms with E-state index in [0.717, 1.165) is 5.56 Å². The molecule has 0 radical (unpaired) electrons. The summed E-state index contributed by atoms with van der Waals surface area (Å²) in [5.74, 6) is -0.201. The molecule has 1 N–H and O–H groups in total. The number of nitrogens with one attached hydrogen (secondary N) is 1. The number of hydrogen-bond donors (Lipinski definition) is 1. The molecule has 0 fully saturated rings. The average molecular weight is 280 g/mol. The van der Waals surface area contributed by atoms with Gasteiger partial charge in [-0.05, 0) is 26.3 Å². The average Bonchev–Trinajstić information content (AvgIpc) is 2.26. The summed E-state index contributed by atoms with van der Waals surface area (Å²) in [5.41, 5.74) is 0.456. The molecule has 0 spiro atoms. The first-order chi connectivity index (χ1) is 8.72. The lowest BCUT2D eigenvalue weighted by molar-refractivity contribution is 0.407. The molecule has 1 atom stereocenters. The minimum atomic E-state index is -3.30. The predicted molar refractivity (Wildman–Crippen MR) is 76.2 cm³/mol. The first-order valence-corrected chi connectivity index (χ1v) is 7.96. The van der Waals surface area contributed by atoms with Crippen LogP contribution in [0.2, 0.25) is 0 Å². The molecule has 19 heavy (non-hydrogen) atoms. The van der Waals surface area contributed by atoms with E-state index in [0.29, 0.717) is 0 Å². The van der Waals surface area contributed by atoms with Gasteiger partial charge in [0.1, 0.15) is 6.04 Å². The molecule has 0 aliphatic heterocycles. The van der Waals surface area contributed by atoms with Gasteiger partial charge in [-0.15, -0.1) is 0 Å². The predicted octanol–water partition coefficient (Wildman–Crippen LogP) is 1.88. The molecule has 0 saturated heterocycles. The number of hydrogen-bond acceptors (Lipinski definition) is 4. The Morgan fingerprint density at radius 1 is 1.26 bits per heavy atom. The highest BCUT2D eigenvalue weighted by Gasteiger charge is 2.23. The van der Waals surface area contributed by atoms with Gasteiger partial charge in [0.25, 0.3) is 0 Å². The molecular formula is C14H20N2O2S. The zero-order valence-corrected chi connectivity index (χ0v) is 12.4. The first kappa shape index (κ1) is 15.7. The van der Waals surface area contributed by atoms with Crippen LogP contribution < -0.4 is 5.32 Å². The van der Waals surface area contributed by atoms with E-state index in [1.807, 2.05) is 32.9 Å². The van der Waals surface area contributed by atoms with Gasteiger partial charge in [0.2, 0.25) is 0 Å². The summed E-state index contributed by atoms with van der Waals surface area (Å²) >= 11 is 0. The lowest BCUT2D eigenvalue weighted by Crippen LogP contribution is -2.46. The third-order valence-corrected chi connectivity index (χ3v) is 4.03. The van der Waals surface area contributed by atoms with Crippen LogP contribution in [-0.2, 0) is 15.6 Å². The fourth-order valence-corrected chi connectivity index (χ4v) is 3.26. The Bertz CT molecular complexity index is 539. The summed E-state index contributed by atoms with van der Waals surface area (Å²) in [7, 11) is -3.30. The normalized spacial score (nSPS) is 13.8. The van der Waals surface area contributed by atoms with E-state index in [4.69, 9.17) is 5.26 Å². The van der Waals surface area contributed by atoms with E-state index in [-0.39, 0.29) is 17.0 Å². The number of nitrogens with zero attached hydrogens (tertiary/aromatic N) is 1. The molecule has 0 saturated carbocycles. The maximum Gasteiger partial charge on any atom is 0.157 e. The maximum atomic E-state index is 12.1. The van der Waals surface area contributed by atoms with Crippen LogP contribution in [0.3, 0.4) is 0 Å². The topological polar surface area (TPSA) is 70.0 Å². The van der Waals surface area contributed by atoms with Gasteiger partial charge in [-0.2, -0.15) is 5.26 Å². The fraction of sp³-hybridized carbons (Fsp3) is 0.500. The highest BCUT2D eigenvalue weighted by atomic mass is 32.2. The Hall–Kier alpha value is -1.38. The molecule has 0 heterocycles. The summed E-state index contributed by atoms with van der Waals surface area (Å²) in [4.78, 5) is 0. The summed E-state index contributed by atoms with van der Waals surface area (Å²) < 4.78 is 24.1. The molecule has 0 amide bonds. The Labute approximate surface area is 115 Å². The van der Waals surface area contributed by atoms with E-state index in [2.05, 4.69) is 5.32 Å². The molecule has 1 rings (SSSR count). The minimum Gasteiger partial charge on any atom is -0.296 e. The largest absolute Gasteiger partial charge is 0.296 e. The van der Waals surface area contributed by atoms with Crippen LogP contribution in [-0.4, -0.2) is 25.8 Å². The van der Waals surface area contributed by atoms with E-state index in [9.17, 15) is 8.42 Å². The molecule has 104 valence electrons. The maximum absolute atomic E-state index is 12.1. The van der Waals surface area contributed by atoms with Crippen molar-refractivity contribution in [2.45, 2.75) is 38.1 Å². The Morgan fingerprint density at radius 2 is 1.84 bits per heavy atom. The van der Waals surface area contributed by atoms with Crippen molar-refractivity contribution < 1.29 is 8.42 Å². The highest BCUT2D eigenvalue weighted by molar-refractivity contribution is 7.90. The number of nitriles is 1. The van der Waals surface area contributed by atoms with Crippen molar-refractivity contribution in [2.75, 3.05) is 5.75 Å². The van der Waals surface area contributed by atoms with Gasteiger partial charge in [-0.1, -0.05) is 30.3 Å². The van der Waals surface area contributed by atoms with Crippen molar-refractivity contribution in [3.8, 4) is 6.07 Å². The van der Waals surface area contributed by atoms with Crippen LogP contribution in [0.15, 0.2) is 30.3 Å². The molecule has 1 aromatic rings. The van der Waals surface area contributed by atoms with Gasteiger partial charge in [0, 0.05) is 5.54 Å². The van der Waals surface area contributed by atoms with Crippen molar-refractivity contribution in [3.05, 3.63) is 35.9 Å². The van der Waals surface area contributed by atoms with Gasteiger partial charge in [-0.25, -0.2) is 8.42 Å². The lowest BCUT2D eigenvalue weighted by atomic mass is 10.1. The second kappa shape index (κ2) is 6.18. The molecule has 0 aliphatic rings. The van der Waals surface area contributed by atoms with E-state index in [1.165, 1.54) is 0 Å². The molecule has 4 nitrogen and oxygen atoms in total. The highest BCUT2D eigenvalue weighted by Crippen LogP contribution is 2.09. The zero-order chi connectivity index (χ0) is 14.5. The number of sulfone groups is 1. The third kappa shape index (κ3) is 6.37. The van der Waals surface area contributed by atoms with Crippen molar-refractivity contribution in [1.82, 2.24) is 5.32 Å². The van der Waals surface area contributed by atoms with Crippen LogP contribution in [0.4, 0.5) is 0 Å². The molecule has 5 heteroatoms. The van der Waals surface area contributed by atoms with Crippen molar-refractivity contribution in [1.29, 1.82) is 5.26 Å². The molecule has 1 unspecified atom stereocenters. The molecule has 0 aromatic heterocycles. The van der Waals surface area contributed by atoms with Crippen LogP contribution in [0, 0.1) is 11.3 Å². The molecule has 0 bridgehead atoms. The Morgan fingerprint density at radius 3 is 2.32 bits per heavy atom. The van der Waals surface area contributed by atoms with Gasteiger partial charge >= 0.3 is 0 Å². The zero-order valence-electron chi connectivity index (χ0n) is 11.6. The summed E-state index contributed by atoms with van der Waals surface area (Å²) in [6.45, 7) is 5.71. The van der Waals surface area contributed by atoms with Gasteiger partial charge in [0.15, 0.2) is 9.84 Å².